The van der Waals surface area contributed by atoms with E-state index in [4.69, 9.17) is 0 Å². The third kappa shape index (κ3) is 3.67. The number of nitrogens with zero attached hydrogens (tertiary/aromatic N) is 2. The second kappa shape index (κ2) is 6.00. The monoisotopic (exact) mass is 267 g/mol. The molecule has 1 aliphatic carbocycles. The molecule has 0 radical (unpaired) electrons. The molecule has 0 spiro atoms. The average Bonchev–Trinajstić information content (AvgIpc) is 2.77. The van der Waals surface area contributed by atoms with Gasteiger partial charge in [-0.15, -0.1) is 0 Å². The van der Waals surface area contributed by atoms with Crippen LogP contribution < -0.4 is 5.32 Å². The quantitative estimate of drug-likeness (QED) is 0.880. The lowest BCUT2D eigenvalue weighted by atomic mass is 9.96. The number of anilines is 1. The maximum absolute atomic E-state index is 4.47. The fourth-order valence-corrected chi connectivity index (χ4v) is 2.75. The van der Waals surface area contributed by atoms with E-state index >= 15 is 0 Å². The summed E-state index contributed by atoms with van der Waals surface area (Å²) in [6.07, 6.45) is 12.9. The molecule has 3 nitrogen and oxygen atoms in total. The molecule has 0 aliphatic heterocycles. The summed E-state index contributed by atoms with van der Waals surface area (Å²) in [4.78, 5) is 4.47. The molecule has 0 amide bonds. The summed E-state index contributed by atoms with van der Waals surface area (Å²) in [7, 11) is 0. The summed E-state index contributed by atoms with van der Waals surface area (Å²) in [5.74, 6) is 1.05. The van der Waals surface area contributed by atoms with Crippen LogP contribution in [0.5, 0.6) is 0 Å². The number of thioether (sulfide) groups is 1. The predicted molar refractivity (Wildman–Crippen MR) is 80.3 cm³/mol. The molecule has 0 saturated heterocycles. The Kier molecular flexibility index (Phi) is 4.60. The fraction of sp³-hybridized carbons (Fsp3) is 0.786. The Hall–Kier alpha value is -0.640. The highest BCUT2D eigenvalue weighted by Gasteiger charge is 2.20. The van der Waals surface area contributed by atoms with Gasteiger partial charge in [0.1, 0.15) is 0 Å². The van der Waals surface area contributed by atoms with Crippen LogP contribution in [0, 0.1) is 0 Å². The van der Waals surface area contributed by atoms with Crippen LogP contribution in [-0.4, -0.2) is 26.6 Å². The van der Waals surface area contributed by atoms with Crippen molar-refractivity contribution >= 4 is 17.7 Å². The number of rotatable bonds is 5. The number of hydrogen-bond donors (Lipinski definition) is 1. The first-order valence-corrected chi connectivity index (χ1v) is 8.16. The van der Waals surface area contributed by atoms with Crippen LogP contribution in [-0.2, 0) is 6.54 Å². The molecule has 2 rings (SSSR count). The maximum Gasteiger partial charge on any atom is 0.203 e. The van der Waals surface area contributed by atoms with Gasteiger partial charge in [-0.1, -0.05) is 19.3 Å². The van der Waals surface area contributed by atoms with Gasteiger partial charge in [0.15, 0.2) is 0 Å². The van der Waals surface area contributed by atoms with Crippen molar-refractivity contribution in [3.8, 4) is 0 Å². The van der Waals surface area contributed by atoms with Crippen LogP contribution >= 0.6 is 11.8 Å². The molecule has 1 aliphatic rings. The number of nitrogens with one attached hydrogen (secondary N) is 1. The Morgan fingerprint density at radius 3 is 2.78 bits per heavy atom. The lowest BCUT2D eigenvalue weighted by Crippen LogP contribution is -2.27. The normalized spacial score (nSPS) is 17.9. The molecule has 1 saturated carbocycles. The van der Waals surface area contributed by atoms with Crippen LogP contribution in [0.3, 0.4) is 0 Å². The fourth-order valence-electron chi connectivity index (χ4n) is 2.48. The first-order valence-electron chi connectivity index (χ1n) is 6.93. The molecule has 1 aromatic rings. The van der Waals surface area contributed by atoms with Crippen LogP contribution in [0.1, 0.15) is 46.0 Å². The highest BCUT2D eigenvalue weighted by Crippen LogP contribution is 2.26. The molecule has 1 aromatic heterocycles. The van der Waals surface area contributed by atoms with Gasteiger partial charge in [-0.25, -0.2) is 4.98 Å². The van der Waals surface area contributed by atoms with Gasteiger partial charge in [0.25, 0.3) is 0 Å². The van der Waals surface area contributed by atoms with Crippen molar-refractivity contribution in [2.45, 2.75) is 63.3 Å². The minimum absolute atomic E-state index is 0.254. The Labute approximate surface area is 115 Å². The van der Waals surface area contributed by atoms with Crippen molar-refractivity contribution < 1.29 is 0 Å². The summed E-state index contributed by atoms with van der Waals surface area (Å²) in [6.45, 7) is 5.56. The minimum Gasteiger partial charge on any atom is -0.353 e. The van der Waals surface area contributed by atoms with Gasteiger partial charge in [0.2, 0.25) is 5.95 Å². The van der Waals surface area contributed by atoms with Gasteiger partial charge in [0.05, 0.1) is 0 Å². The molecule has 102 valence electrons. The zero-order valence-electron chi connectivity index (χ0n) is 11.8. The van der Waals surface area contributed by atoms with E-state index in [1.54, 1.807) is 0 Å². The molecule has 4 heteroatoms. The molecule has 0 aromatic carbocycles. The van der Waals surface area contributed by atoms with E-state index in [0.29, 0.717) is 6.04 Å². The zero-order valence-corrected chi connectivity index (χ0v) is 12.6. The van der Waals surface area contributed by atoms with Crippen molar-refractivity contribution in [2.24, 2.45) is 0 Å². The third-order valence-electron chi connectivity index (χ3n) is 3.76. The van der Waals surface area contributed by atoms with Crippen molar-refractivity contribution in [3.63, 3.8) is 0 Å². The highest BCUT2D eigenvalue weighted by molar-refractivity contribution is 7.99. The van der Waals surface area contributed by atoms with E-state index in [1.807, 2.05) is 18.0 Å². The van der Waals surface area contributed by atoms with Gasteiger partial charge in [-0.2, -0.15) is 11.8 Å². The van der Waals surface area contributed by atoms with Crippen molar-refractivity contribution in [3.05, 3.63) is 12.4 Å². The van der Waals surface area contributed by atoms with E-state index in [9.17, 15) is 0 Å². The van der Waals surface area contributed by atoms with Crippen molar-refractivity contribution in [1.29, 1.82) is 0 Å². The van der Waals surface area contributed by atoms with Gasteiger partial charge in [0, 0.05) is 29.7 Å². The first-order chi connectivity index (χ1) is 8.61. The molecule has 1 fully saturated rings. The first kappa shape index (κ1) is 13.8. The Morgan fingerprint density at radius 1 is 1.39 bits per heavy atom. The summed E-state index contributed by atoms with van der Waals surface area (Å²) in [5, 5.41) is 3.62. The maximum atomic E-state index is 4.47. The van der Waals surface area contributed by atoms with Crippen LogP contribution in [0.2, 0.25) is 0 Å². The number of imidazole rings is 1. The van der Waals surface area contributed by atoms with Crippen LogP contribution in [0.25, 0.3) is 0 Å². The summed E-state index contributed by atoms with van der Waals surface area (Å²) in [6, 6.07) is 0.622. The zero-order chi connectivity index (χ0) is 13.0. The molecule has 1 heterocycles. The minimum atomic E-state index is 0.254. The average molecular weight is 267 g/mol. The lowest BCUT2D eigenvalue weighted by molar-refractivity contribution is 0.457. The van der Waals surface area contributed by atoms with E-state index < -0.39 is 0 Å². The number of hydrogen-bond acceptors (Lipinski definition) is 3. The van der Waals surface area contributed by atoms with E-state index in [-0.39, 0.29) is 4.75 Å². The van der Waals surface area contributed by atoms with E-state index in [1.165, 1.54) is 32.1 Å². The topological polar surface area (TPSA) is 29.9 Å². The van der Waals surface area contributed by atoms with E-state index in [2.05, 4.69) is 41.2 Å². The second-order valence-electron chi connectivity index (χ2n) is 5.82. The molecule has 0 unspecified atom stereocenters. The highest BCUT2D eigenvalue weighted by atomic mass is 32.2. The third-order valence-corrected chi connectivity index (χ3v) is 4.99. The van der Waals surface area contributed by atoms with Gasteiger partial charge in [-0.3, -0.25) is 0 Å². The Bertz CT molecular complexity index is 367. The Morgan fingerprint density at radius 2 is 2.11 bits per heavy atom. The standard InChI is InChI=1S/C14H25N3S/c1-14(2,18-3)11-17-10-9-15-13(17)16-12-7-5-4-6-8-12/h9-10,12H,4-8,11H2,1-3H3,(H,15,16). The molecule has 0 bridgehead atoms. The van der Waals surface area contributed by atoms with Crippen molar-refractivity contribution in [2.75, 3.05) is 11.6 Å². The molecule has 18 heavy (non-hydrogen) atoms. The molecular weight excluding hydrogens is 242 g/mol. The SMILES string of the molecule is CSC(C)(C)Cn1ccnc1NC1CCCCC1. The molecule has 0 atom stereocenters. The summed E-state index contributed by atoms with van der Waals surface area (Å²) in [5.41, 5.74) is 0. The van der Waals surface area contributed by atoms with Crippen LogP contribution in [0.4, 0.5) is 5.95 Å². The smallest absolute Gasteiger partial charge is 0.203 e. The van der Waals surface area contributed by atoms with Gasteiger partial charge >= 0.3 is 0 Å². The second-order valence-corrected chi connectivity index (χ2v) is 7.34. The molecule has 1 N–H and O–H groups in total. The van der Waals surface area contributed by atoms with Gasteiger partial charge < -0.3 is 9.88 Å². The summed E-state index contributed by atoms with van der Waals surface area (Å²) < 4.78 is 2.51. The Balaban J connectivity index is 1.98. The number of aromatic nitrogens is 2. The van der Waals surface area contributed by atoms with Crippen LogP contribution in [0.15, 0.2) is 12.4 Å². The van der Waals surface area contributed by atoms with E-state index in [0.717, 1.165) is 12.5 Å². The largest absolute Gasteiger partial charge is 0.353 e. The summed E-state index contributed by atoms with van der Waals surface area (Å²) >= 11 is 1.90. The predicted octanol–water partition coefficient (Wildman–Crippen LogP) is 3.77. The van der Waals surface area contributed by atoms with Gasteiger partial charge in [-0.05, 0) is 32.9 Å². The lowest BCUT2D eigenvalue weighted by Gasteiger charge is -2.26. The van der Waals surface area contributed by atoms with Crippen molar-refractivity contribution in [1.82, 2.24) is 9.55 Å². The molecular formula is C14H25N3S.